The summed E-state index contributed by atoms with van der Waals surface area (Å²) in [6, 6.07) is 14.2. The normalized spacial score (nSPS) is 12.3. The molecule has 29 heavy (non-hydrogen) atoms. The SMILES string of the molecule is CCc1ccc(N([C@H](C)C(=O)NCCCc2cccc(OC)c2)S(C)(=O)=O)cc1. The Morgan fingerprint density at radius 1 is 1.14 bits per heavy atom. The highest BCUT2D eigenvalue weighted by Crippen LogP contribution is 2.21. The largest absolute Gasteiger partial charge is 0.497 e. The second-order valence-corrected chi connectivity index (χ2v) is 8.86. The Kier molecular flexibility index (Phi) is 8.08. The van der Waals surface area contributed by atoms with Crippen molar-refractivity contribution in [1.29, 1.82) is 0 Å². The average Bonchev–Trinajstić information content (AvgIpc) is 2.70. The van der Waals surface area contributed by atoms with Crippen LogP contribution in [0.2, 0.25) is 0 Å². The van der Waals surface area contributed by atoms with Gasteiger partial charge < -0.3 is 10.1 Å². The van der Waals surface area contributed by atoms with Crippen LogP contribution in [0.4, 0.5) is 5.69 Å². The maximum Gasteiger partial charge on any atom is 0.243 e. The molecule has 0 unspecified atom stereocenters. The van der Waals surface area contributed by atoms with Gasteiger partial charge in [-0.3, -0.25) is 9.10 Å². The molecular weight excluding hydrogens is 388 g/mol. The summed E-state index contributed by atoms with van der Waals surface area (Å²) in [7, 11) is -1.98. The smallest absolute Gasteiger partial charge is 0.243 e. The van der Waals surface area contributed by atoms with E-state index in [9.17, 15) is 13.2 Å². The van der Waals surface area contributed by atoms with E-state index in [0.29, 0.717) is 12.2 Å². The molecule has 6 nitrogen and oxygen atoms in total. The van der Waals surface area contributed by atoms with Crippen molar-refractivity contribution in [2.24, 2.45) is 0 Å². The van der Waals surface area contributed by atoms with Gasteiger partial charge in [0.2, 0.25) is 15.9 Å². The molecule has 0 radical (unpaired) electrons. The topological polar surface area (TPSA) is 75.7 Å². The number of methoxy groups -OCH3 is 1. The van der Waals surface area contributed by atoms with Gasteiger partial charge in [0.1, 0.15) is 11.8 Å². The Labute approximate surface area is 173 Å². The minimum Gasteiger partial charge on any atom is -0.497 e. The number of benzene rings is 2. The molecule has 0 aliphatic carbocycles. The van der Waals surface area contributed by atoms with Gasteiger partial charge in [0, 0.05) is 6.54 Å². The van der Waals surface area contributed by atoms with E-state index in [4.69, 9.17) is 4.74 Å². The third-order valence-corrected chi connectivity index (χ3v) is 6.00. The summed E-state index contributed by atoms with van der Waals surface area (Å²) in [5.41, 5.74) is 2.72. The summed E-state index contributed by atoms with van der Waals surface area (Å²) >= 11 is 0. The molecule has 0 heterocycles. The maximum absolute atomic E-state index is 12.6. The van der Waals surface area contributed by atoms with Crippen molar-refractivity contribution in [2.45, 2.75) is 39.2 Å². The van der Waals surface area contributed by atoms with Crippen molar-refractivity contribution in [3.63, 3.8) is 0 Å². The lowest BCUT2D eigenvalue weighted by molar-refractivity contribution is -0.121. The van der Waals surface area contributed by atoms with E-state index in [1.54, 1.807) is 26.2 Å². The van der Waals surface area contributed by atoms with Crippen LogP contribution in [-0.4, -0.2) is 40.3 Å². The first kappa shape index (κ1) is 22.7. The van der Waals surface area contributed by atoms with Gasteiger partial charge in [-0.05, 0) is 61.6 Å². The first-order valence-electron chi connectivity index (χ1n) is 9.75. The van der Waals surface area contributed by atoms with Crippen molar-refractivity contribution >= 4 is 21.6 Å². The van der Waals surface area contributed by atoms with E-state index in [1.807, 2.05) is 43.3 Å². The molecule has 0 fully saturated rings. The van der Waals surface area contributed by atoms with Gasteiger partial charge >= 0.3 is 0 Å². The van der Waals surface area contributed by atoms with Crippen LogP contribution in [0.15, 0.2) is 48.5 Å². The molecule has 2 aromatic rings. The maximum atomic E-state index is 12.6. The van der Waals surface area contributed by atoms with Crippen molar-refractivity contribution in [2.75, 3.05) is 24.2 Å². The monoisotopic (exact) mass is 418 g/mol. The predicted molar refractivity (Wildman–Crippen MR) is 117 cm³/mol. The zero-order valence-electron chi connectivity index (χ0n) is 17.5. The lowest BCUT2D eigenvalue weighted by atomic mass is 10.1. The number of hydrogen-bond donors (Lipinski definition) is 1. The number of nitrogens with one attached hydrogen (secondary N) is 1. The first-order chi connectivity index (χ1) is 13.8. The fourth-order valence-electron chi connectivity index (χ4n) is 3.17. The summed E-state index contributed by atoms with van der Waals surface area (Å²) in [5, 5.41) is 2.85. The third-order valence-electron chi connectivity index (χ3n) is 4.76. The lowest BCUT2D eigenvalue weighted by Crippen LogP contribution is -2.48. The van der Waals surface area contributed by atoms with Crippen molar-refractivity contribution < 1.29 is 17.9 Å². The fraction of sp³-hybridized carbons (Fsp3) is 0.409. The highest BCUT2D eigenvalue weighted by atomic mass is 32.2. The molecule has 0 aromatic heterocycles. The number of carbonyl (C=O) groups excluding carboxylic acids is 1. The zero-order chi connectivity index (χ0) is 21.4. The number of rotatable bonds is 10. The summed E-state index contributed by atoms with van der Waals surface area (Å²) < 4.78 is 31.1. The van der Waals surface area contributed by atoms with E-state index < -0.39 is 16.1 Å². The van der Waals surface area contributed by atoms with Crippen molar-refractivity contribution in [3.8, 4) is 5.75 Å². The molecule has 1 atom stereocenters. The minimum atomic E-state index is -3.60. The minimum absolute atomic E-state index is 0.319. The van der Waals surface area contributed by atoms with E-state index in [-0.39, 0.29) is 5.91 Å². The molecule has 0 aliphatic heterocycles. The number of nitrogens with zero attached hydrogens (tertiary/aromatic N) is 1. The van der Waals surface area contributed by atoms with E-state index >= 15 is 0 Å². The van der Waals surface area contributed by atoms with Gasteiger partial charge in [0.15, 0.2) is 0 Å². The Hall–Kier alpha value is -2.54. The average molecular weight is 419 g/mol. The Morgan fingerprint density at radius 2 is 1.83 bits per heavy atom. The molecule has 158 valence electrons. The van der Waals surface area contributed by atoms with Gasteiger partial charge in [0.05, 0.1) is 19.1 Å². The van der Waals surface area contributed by atoms with Crippen LogP contribution in [-0.2, 0) is 27.7 Å². The summed E-state index contributed by atoms with van der Waals surface area (Å²) in [5.74, 6) is 0.485. The number of carbonyl (C=O) groups is 1. The number of amides is 1. The molecule has 0 bridgehead atoms. The molecule has 1 amide bonds. The van der Waals surface area contributed by atoms with Crippen LogP contribution >= 0.6 is 0 Å². The van der Waals surface area contributed by atoms with Crippen molar-refractivity contribution in [1.82, 2.24) is 5.32 Å². The van der Waals surface area contributed by atoms with Crippen molar-refractivity contribution in [3.05, 3.63) is 59.7 Å². The van der Waals surface area contributed by atoms with E-state index in [2.05, 4.69) is 5.32 Å². The lowest BCUT2D eigenvalue weighted by Gasteiger charge is -2.28. The van der Waals surface area contributed by atoms with Crippen LogP contribution < -0.4 is 14.4 Å². The molecule has 2 aromatic carbocycles. The van der Waals surface area contributed by atoms with Crippen LogP contribution in [0, 0.1) is 0 Å². The summed E-state index contributed by atoms with van der Waals surface area (Å²) in [6.45, 7) is 4.10. The van der Waals surface area contributed by atoms with Crippen LogP contribution in [0.3, 0.4) is 0 Å². The Balaban J connectivity index is 1.97. The number of sulfonamides is 1. The number of hydrogen-bond acceptors (Lipinski definition) is 4. The molecule has 0 saturated heterocycles. The molecular formula is C22H30N2O4S. The molecule has 0 spiro atoms. The van der Waals surface area contributed by atoms with Crippen LogP contribution in [0.1, 0.15) is 31.4 Å². The number of ether oxygens (including phenoxy) is 1. The number of aryl methyl sites for hydroxylation is 2. The molecule has 1 N–H and O–H groups in total. The van der Waals surface area contributed by atoms with Crippen LogP contribution in [0.25, 0.3) is 0 Å². The second kappa shape index (κ2) is 10.3. The Bertz CT molecular complexity index is 911. The predicted octanol–water partition coefficient (Wildman–Crippen LogP) is 3.16. The molecule has 7 heteroatoms. The first-order valence-corrected chi connectivity index (χ1v) is 11.6. The van der Waals surface area contributed by atoms with E-state index in [0.717, 1.165) is 42.4 Å². The summed E-state index contributed by atoms with van der Waals surface area (Å²) in [6.07, 6.45) is 3.52. The van der Waals surface area contributed by atoms with Gasteiger partial charge in [0.25, 0.3) is 0 Å². The fourth-order valence-corrected chi connectivity index (χ4v) is 4.34. The molecule has 2 rings (SSSR count). The highest BCUT2D eigenvalue weighted by Gasteiger charge is 2.28. The number of anilines is 1. The zero-order valence-corrected chi connectivity index (χ0v) is 18.3. The Morgan fingerprint density at radius 3 is 2.41 bits per heavy atom. The van der Waals surface area contributed by atoms with Gasteiger partial charge in [-0.15, -0.1) is 0 Å². The van der Waals surface area contributed by atoms with Gasteiger partial charge in [-0.25, -0.2) is 8.42 Å². The van der Waals surface area contributed by atoms with E-state index in [1.165, 1.54) is 4.31 Å². The summed E-state index contributed by atoms with van der Waals surface area (Å²) in [4.78, 5) is 12.6. The molecule has 0 aliphatic rings. The third kappa shape index (κ3) is 6.49. The highest BCUT2D eigenvalue weighted by molar-refractivity contribution is 7.92. The standard InChI is InChI=1S/C22H30N2O4S/c1-5-18-11-13-20(14-12-18)24(29(4,26)27)17(2)22(25)23-15-7-9-19-8-6-10-21(16-19)28-3/h6,8,10-14,16-17H,5,7,9,15H2,1-4H3,(H,23,25)/t17-/m1/s1. The van der Waals surface area contributed by atoms with Crippen LogP contribution in [0.5, 0.6) is 5.75 Å². The van der Waals surface area contributed by atoms with Gasteiger partial charge in [-0.1, -0.05) is 31.2 Å². The molecule has 0 saturated carbocycles. The van der Waals surface area contributed by atoms with Gasteiger partial charge in [-0.2, -0.15) is 0 Å². The second-order valence-electron chi connectivity index (χ2n) is 7.00. The quantitative estimate of drug-likeness (QED) is 0.602.